The predicted octanol–water partition coefficient (Wildman–Crippen LogP) is 1.77. The van der Waals surface area contributed by atoms with Crippen LogP contribution in [0.2, 0.25) is 0 Å². The van der Waals surface area contributed by atoms with Crippen LogP contribution in [-0.4, -0.2) is 10.1 Å². The van der Waals surface area contributed by atoms with Gasteiger partial charge in [0.05, 0.1) is 11.6 Å². The van der Waals surface area contributed by atoms with Crippen LogP contribution in [0, 0.1) is 11.6 Å². The van der Waals surface area contributed by atoms with E-state index in [2.05, 4.69) is 60.7 Å². The summed E-state index contributed by atoms with van der Waals surface area (Å²) in [6.07, 6.45) is 0. The van der Waals surface area contributed by atoms with Gasteiger partial charge in [-0.25, -0.2) is 8.78 Å². The SMILES string of the molecule is Fc1cccc(-[c-]2cccc2)c1.Fc1cccc(-[c-]2cccc2)c1.[Cl-].[Cl-].[Hf+2]=[Ge]([c]1ccccc1)[c]1ccccc1. The van der Waals surface area contributed by atoms with Crippen LogP contribution in [0.3, 0.4) is 0 Å². The van der Waals surface area contributed by atoms with Crippen LogP contribution in [0.1, 0.15) is 0 Å². The minimum absolute atomic E-state index is 0. The zero-order valence-corrected chi connectivity index (χ0v) is 28.7. The van der Waals surface area contributed by atoms with Gasteiger partial charge in [-0.1, -0.05) is 35.4 Å². The molecule has 0 atom stereocenters. The van der Waals surface area contributed by atoms with E-state index in [0.29, 0.717) is 0 Å². The Morgan fingerprint density at radius 2 is 0.800 bits per heavy atom. The summed E-state index contributed by atoms with van der Waals surface area (Å²) in [5, 5.41) is 0. The molecule has 0 aliphatic rings. The van der Waals surface area contributed by atoms with Gasteiger partial charge in [0, 0.05) is 0 Å². The van der Waals surface area contributed by atoms with Gasteiger partial charge < -0.3 is 24.8 Å². The van der Waals surface area contributed by atoms with E-state index in [1.54, 1.807) is 20.9 Å². The molecule has 6 aromatic carbocycles. The molecule has 0 bridgehead atoms. The first-order chi connectivity index (χ1) is 18.6. The summed E-state index contributed by atoms with van der Waals surface area (Å²) in [6, 6.07) is 50.8. The standard InChI is InChI=1S/C12H10Ge.2C11H8F.2ClH.Hf/c1-3-7-11(8-4-1)13-12-9-5-2-6-10-12;2*12-11-7-3-6-10(8-11)9-4-1-2-5-9;;;/h1-10H;2*1-8H;2*1H;/q;2*-1;;;+2/p-2. The summed E-state index contributed by atoms with van der Waals surface area (Å²) in [7, 11) is -1.06. The molecule has 0 nitrogen and oxygen atoms in total. The van der Waals surface area contributed by atoms with Gasteiger partial charge in [-0.2, -0.15) is 24.3 Å². The Balaban J connectivity index is 0.000000206. The second-order valence-electron chi connectivity index (χ2n) is 8.47. The molecule has 0 radical (unpaired) electrons. The fraction of sp³-hybridized carbons (Fsp3) is 0. The van der Waals surface area contributed by atoms with Crippen molar-refractivity contribution in [3.63, 3.8) is 0 Å². The predicted molar refractivity (Wildman–Crippen MR) is 153 cm³/mol. The van der Waals surface area contributed by atoms with E-state index < -0.39 is 10.1 Å². The fourth-order valence-electron chi connectivity index (χ4n) is 3.85. The molecule has 0 aromatic heterocycles. The molecule has 0 N–H and O–H groups in total. The normalized spacial score (nSPS) is 9.50. The molecule has 6 rings (SSSR count). The Bertz CT molecular complexity index is 1420. The van der Waals surface area contributed by atoms with Gasteiger partial charge in [0.25, 0.3) is 0 Å². The molecule has 0 saturated heterocycles. The first kappa shape index (κ1) is 33.6. The molecule has 0 saturated carbocycles. The Morgan fingerprint density at radius 3 is 1.12 bits per heavy atom. The van der Waals surface area contributed by atoms with Crippen molar-refractivity contribution in [2.75, 3.05) is 0 Å². The van der Waals surface area contributed by atoms with E-state index in [0.717, 1.165) is 22.3 Å². The van der Waals surface area contributed by atoms with Gasteiger partial charge in [0.2, 0.25) is 0 Å². The minimum atomic E-state index is -1.06. The Hall–Kier alpha value is -2.57. The van der Waals surface area contributed by atoms with Crippen molar-refractivity contribution in [3.8, 4) is 22.3 Å². The maximum absolute atomic E-state index is 12.8. The Kier molecular flexibility index (Phi) is 15.1. The quantitative estimate of drug-likeness (QED) is 0.189. The van der Waals surface area contributed by atoms with E-state index in [9.17, 15) is 8.78 Å². The van der Waals surface area contributed by atoms with Gasteiger partial charge in [0.15, 0.2) is 0 Å². The summed E-state index contributed by atoms with van der Waals surface area (Å²) in [5.74, 6) is -0.373. The van der Waals surface area contributed by atoms with E-state index in [-0.39, 0.29) is 36.4 Å². The van der Waals surface area contributed by atoms with Gasteiger partial charge in [-0.05, 0) is 12.1 Å². The number of benzene rings is 4. The average molecular weight is 795 g/mol. The molecule has 6 aromatic rings. The first-order valence-corrected chi connectivity index (χ1v) is 24.7. The molecule has 0 heterocycles. The van der Waals surface area contributed by atoms with Crippen molar-refractivity contribution in [3.05, 3.63) is 169 Å². The van der Waals surface area contributed by atoms with E-state index in [1.807, 2.05) is 60.7 Å². The van der Waals surface area contributed by atoms with Crippen LogP contribution in [0.4, 0.5) is 8.78 Å². The number of rotatable bonds is 4. The van der Waals surface area contributed by atoms with Crippen molar-refractivity contribution in [2.45, 2.75) is 0 Å². The molecule has 0 aliphatic heterocycles. The second kappa shape index (κ2) is 18.0. The monoisotopic (exact) mass is 796 g/mol. The zero-order valence-electron chi connectivity index (χ0n) is 21.5. The zero-order chi connectivity index (χ0) is 26.6. The van der Waals surface area contributed by atoms with Crippen LogP contribution in [0.5, 0.6) is 0 Å². The van der Waals surface area contributed by atoms with Crippen LogP contribution in [-0.2, 0) is 21.3 Å². The molecule has 6 heteroatoms. The summed E-state index contributed by atoms with van der Waals surface area (Å²) < 4.78 is 28.7. The maximum atomic E-state index is 12.8. The van der Waals surface area contributed by atoms with Crippen molar-refractivity contribution >= 4 is 18.8 Å². The molecule has 0 unspecified atom stereocenters. The Morgan fingerprint density at radius 1 is 0.450 bits per heavy atom. The van der Waals surface area contributed by atoms with Crippen LogP contribution < -0.4 is 33.6 Å². The third-order valence-corrected chi connectivity index (χ3v) is 20.4. The van der Waals surface area contributed by atoms with Crippen LogP contribution in [0.25, 0.3) is 22.3 Å². The third kappa shape index (κ3) is 10.4. The van der Waals surface area contributed by atoms with Gasteiger partial charge in [-0.15, -0.1) is 47.5 Å². The number of hydrogen-bond donors (Lipinski definition) is 0. The first-order valence-electron chi connectivity index (χ1n) is 12.2. The summed E-state index contributed by atoms with van der Waals surface area (Å²) in [6.45, 7) is 0. The molecular weight excluding hydrogens is 768 g/mol. The average Bonchev–Trinajstić information content (AvgIpc) is 3.70. The molecule has 200 valence electrons. The summed E-state index contributed by atoms with van der Waals surface area (Å²) in [4.78, 5) is 0. The number of hydrogen-bond acceptors (Lipinski definition) is 0. The van der Waals surface area contributed by atoms with Crippen LogP contribution in [0.15, 0.2) is 158 Å². The van der Waals surface area contributed by atoms with Crippen LogP contribution >= 0.6 is 0 Å². The molecule has 0 aliphatic carbocycles. The van der Waals surface area contributed by atoms with Crippen molar-refractivity contribution in [2.24, 2.45) is 0 Å². The second-order valence-corrected chi connectivity index (χ2v) is 21.8. The summed E-state index contributed by atoms with van der Waals surface area (Å²) in [5.41, 5.74) is 3.99. The molecular formula is C34H26Cl2F2GeHf-2. The van der Waals surface area contributed by atoms with Crippen molar-refractivity contribution in [1.29, 1.82) is 0 Å². The van der Waals surface area contributed by atoms with E-state index >= 15 is 0 Å². The topological polar surface area (TPSA) is 0 Å². The third-order valence-electron chi connectivity index (χ3n) is 5.77. The summed E-state index contributed by atoms with van der Waals surface area (Å²) >= 11 is 1.33. The van der Waals surface area contributed by atoms with Crippen molar-refractivity contribution in [1.82, 2.24) is 0 Å². The molecule has 0 fully saturated rings. The molecule has 0 spiro atoms. The number of halogens is 4. The fourth-order valence-corrected chi connectivity index (χ4v) is 13.0. The van der Waals surface area contributed by atoms with Gasteiger partial charge in [0.1, 0.15) is 0 Å². The van der Waals surface area contributed by atoms with E-state index in [1.165, 1.54) is 45.5 Å². The van der Waals surface area contributed by atoms with Gasteiger partial charge in [-0.3, -0.25) is 0 Å². The molecule has 0 amide bonds. The van der Waals surface area contributed by atoms with E-state index in [4.69, 9.17) is 0 Å². The van der Waals surface area contributed by atoms with Gasteiger partial charge >= 0.3 is 101 Å². The van der Waals surface area contributed by atoms with Crippen molar-refractivity contribution < 1.29 is 54.9 Å². The molecule has 40 heavy (non-hydrogen) atoms. The Labute approximate surface area is 263 Å².